The summed E-state index contributed by atoms with van der Waals surface area (Å²) >= 11 is 7.13. The monoisotopic (exact) mass is 395 g/mol. The number of aromatic nitrogens is 1. The molecule has 0 saturated carbocycles. The number of nitrogens with zero attached hydrogens (tertiary/aromatic N) is 1. The van der Waals surface area contributed by atoms with Gasteiger partial charge in [0.15, 0.2) is 15.0 Å². The third kappa shape index (κ3) is 4.09. The number of hydrogen-bond acceptors (Lipinski definition) is 5. The van der Waals surface area contributed by atoms with Crippen LogP contribution in [0.2, 0.25) is 5.02 Å². The van der Waals surface area contributed by atoms with E-state index in [1.807, 2.05) is 13.0 Å². The number of hydrogen-bond donors (Lipinski definition) is 2. The summed E-state index contributed by atoms with van der Waals surface area (Å²) in [5, 5.41) is 6.26. The Hall–Kier alpha value is -2.16. The molecule has 1 heterocycles. The van der Waals surface area contributed by atoms with Crippen LogP contribution in [-0.2, 0) is 9.84 Å². The third-order valence-corrected chi connectivity index (χ3v) is 5.74. The molecule has 0 aliphatic carbocycles. The van der Waals surface area contributed by atoms with Crippen LogP contribution < -0.4 is 10.6 Å². The molecule has 0 saturated heterocycles. The summed E-state index contributed by atoms with van der Waals surface area (Å²) in [5.41, 5.74) is 2.10. The summed E-state index contributed by atoms with van der Waals surface area (Å²) in [6.45, 7) is 1.86. The van der Waals surface area contributed by atoms with Crippen molar-refractivity contribution in [2.75, 3.05) is 16.9 Å². The van der Waals surface area contributed by atoms with Crippen LogP contribution >= 0.6 is 22.9 Å². The summed E-state index contributed by atoms with van der Waals surface area (Å²) in [6.07, 6.45) is 1.15. The molecule has 2 N–H and O–H groups in total. The van der Waals surface area contributed by atoms with Gasteiger partial charge in [0.1, 0.15) is 0 Å². The SMILES string of the molecule is Cc1ccc(Cl)cc1NC(=O)Nc1nc2ccc(S(C)(=O)=O)cc2s1. The first-order valence-electron chi connectivity index (χ1n) is 7.17. The predicted octanol–water partition coefficient (Wildman–Crippen LogP) is 4.31. The van der Waals surface area contributed by atoms with Crippen molar-refractivity contribution in [3.05, 3.63) is 47.0 Å². The van der Waals surface area contributed by atoms with Crippen LogP contribution in [0.1, 0.15) is 5.56 Å². The van der Waals surface area contributed by atoms with Gasteiger partial charge in [-0.15, -0.1) is 0 Å². The van der Waals surface area contributed by atoms with Crippen molar-refractivity contribution in [3.63, 3.8) is 0 Å². The molecule has 1 aromatic heterocycles. The fourth-order valence-electron chi connectivity index (χ4n) is 2.17. The third-order valence-electron chi connectivity index (χ3n) is 3.46. The molecule has 0 bridgehead atoms. The molecule has 6 nitrogen and oxygen atoms in total. The molecule has 0 aliphatic heterocycles. The molecule has 0 radical (unpaired) electrons. The summed E-state index contributed by atoms with van der Waals surface area (Å²) in [5.74, 6) is 0. The van der Waals surface area contributed by atoms with Gasteiger partial charge in [0.25, 0.3) is 0 Å². The van der Waals surface area contributed by atoms with E-state index in [1.54, 1.807) is 24.3 Å². The average Bonchev–Trinajstić information content (AvgIpc) is 2.91. The smallest absolute Gasteiger partial charge is 0.307 e. The minimum absolute atomic E-state index is 0.217. The van der Waals surface area contributed by atoms with Crippen LogP contribution in [0.5, 0.6) is 0 Å². The van der Waals surface area contributed by atoms with Gasteiger partial charge in [-0.1, -0.05) is 29.0 Å². The Kier molecular flexibility index (Phi) is 4.68. The van der Waals surface area contributed by atoms with E-state index in [1.165, 1.54) is 17.4 Å². The van der Waals surface area contributed by atoms with E-state index < -0.39 is 15.9 Å². The van der Waals surface area contributed by atoms with Crippen molar-refractivity contribution in [2.24, 2.45) is 0 Å². The largest absolute Gasteiger partial charge is 0.325 e. The van der Waals surface area contributed by atoms with Gasteiger partial charge >= 0.3 is 6.03 Å². The number of aryl methyl sites for hydroxylation is 1. The number of rotatable bonds is 3. The van der Waals surface area contributed by atoms with E-state index in [0.717, 1.165) is 11.8 Å². The maximum absolute atomic E-state index is 12.2. The number of amides is 2. The number of urea groups is 1. The van der Waals surface area contributed by atoms with Crippen LogP contribution in [0.4, 0.5) is 15.6 Å². The van der Waals surface area contributed by atoms with Gasteiger partial charge in [-0.2, -0.15) is 0 Å². The highest BCUT2D eigenvalue weighted by atomic mass is 35.5. The lowest BCUT2D eigenvalue weighted by Crippen LogP contribution is -2.19. The maximum atomic E-state index is 12.2. The number of carbonyl (C=O) groups excluding carboxylic acids is 1. The zero-order valence-electron chi connectivity index (χ0n) is 13.3. The fourth-order valence-corrected chi connectivity index (χ4v) is 3.96. The Labute approximate surface area is 153 Å². The lowest BCUT2D eigenvalue weighted by Gasteiger charge is -2.08. The molecule has 0 unspecified atom stereocenters. The highest BCUT2D eigenvalue weighted by Crippen LogP contribution is 2.28. The minimum atomic E-state index is -3.29. The number of halogens is 1. The van der Waals surface area contributed by atoms with Gasteiger partial charge in [-0.25, -0.2) is 18.2 Å². The molecular formula is C16H14ClN3O3S2. The Bertz CT molecular complexity index is 1080. The normalized spacial score (nSPS) is 11.5. The second kappa shape index (κ2) is 6.62. The lowest BCUT2D eigenvalue weighted by molar-refractivity contribution is 0.262. The number of carbonyl (C=O) groups is 1. The van der Waals surface area contributed by atoms with Crippen molar-refractivity contribution in [1.29, 1.82) is 0 Å². The number of fused-ring (bicyclic) bond motifs is 1. The van der Waals surface area contributed by atoms with E-state index >= 15 is 0 Å². The Morgan fingerprint density at radius 1 is 1.16 bits per heavy atom. The molecule has 3 rings (SSSR count). The highest BCUT2D eigenvalue weighted by molar-refractivity contribution is 7.90. The van der Waals surface area contributed by atoms with Crippen LogP contribution in [0.25, 0.3) is 10.2 Å². The number of sulfone groups is 1. The molecule has 2 amide bonds. The molecule has 0 fully saturated rings. The first kappa shape index (κ1) is 17.7. The topological polar surface area (TPSA) is 88.2 Å². The van der Waals surface area contributed by atoms with Crippen molar-refractivity contribution in [2.45, 2.75) is 11.8 Å². The molecule has 25 heavy (non-hydrogen) atoms. The highest BCUT2D eigenvalue weighted by Gasteiger charge is 2.12. The van der Waals surface area contributed by atoms with Crippen molar-refractivity contribution in [3.8, 4) is 0 Å². The van der Waals surface area contributed by atoms with E-state index in [0.29, 0.717) is 26.1 Å². The van der Waals surface area contributed by atoms with Crippen molar-refractivity contribution < 1.29 is 13.2 Å². The Balaban J connectivity index is 1.80. The summed E-state index contributed by atoms with van der Waals surface area (Å²) in [7, 11) is -3.29. The van der Waals surface area contributed by atoms with Gasteiger partial charge in [0.05, 0.1) is 15.1 Å². The fraction of sp³-hybridized carbons (Fsp3) is 0.125. The van der Waals surface area contributed by atoms with Crippen LogP contribution in [0.15, 0.2) is 41.3 Å². The standard InChI is InChI=1S/C16H14ClN3O3S2/c1-9-3-4-10(17)7-13(9)18-15(21)20-16-19-12-6-5-11(25(2,22)23)8-14(12)24-16/h3-8H,1-2H3,(H2,18,19,20,21). The van der Waals surface area contributed by atoms with E-state index in [4.69, 9.17) is 11.6 Å². The summed E-state index contributed by atoms with van der Waals surface area (Å²) in [6, 6.07) is 9.42. The molecular weight excluding hydrogens is 382 g/mol. The number of nitrogens with one attached hydrogen (secondary N) is 2. The van der Waals surface area contributed by atoms with Gasteiger partial charge in [0.2, 0.25) is 0 Å². The molecule has 2 aromatic carbocycles. The van der Waals surface area contributed by atoms with Gasteiger partial charge in [-0.3, -0.25) is 5.32 Å². The summed E-state index contributed by atoms with van der Waals surface area (Å²) < 4.78 is 23.9. The lowest BCUT2D eigenvalue weighted by atomic mass is 10.2. The van der Waals surface area contributed by atoms with E-state index in [-0.39, 0.29) is 4.90 Å². The van der Waals surface area contributed by atoms with Crippen LogP contribution in [0.3, 0.4) is 0 Å². The molecule has 130 valence electrons. The molecule has 0 atom stereocenters. The Morgan fingerprint density at radius 2 is 1.92 bits per heavy atom. The molecule has 9 heteroatoms. The first-order valence-corrected chi connectivity index (χ1v) is 10.3. The maximum Gasteiger partial charge on any atom is 0.325 e. The molecule has 0 aliphatic rings. The average molecular weight is 396 g/mol. The number of benzene rings is 2. The second-order valence-electron chi connectivity index (χ2n) is 5.46. The predicted molar refractivity (Wildman–Crippen MR) is 102 cm³/mol. The van der Waals surface area contributed by atoms with Crippen molar-refractivity contribution in [1.82, 2.24) is 4.98 Å². The molecule has 0 spiro atoms. The quantitative estimate of drug-likeness (QED) is 0.691. The van der Waals surface area contributed by atoms with Crippen LogP contribution in [0, 0.1) is 6.92 Å². The second-order valence-corrected chi connectivity index (χ2v) is 8.94. The van der Waals surface area contributed by atoms with E-state index in [9.17, 15) is 13.2 Å². The van der Waals surface area contributed by atoms with Crippen molar-refractivity contribution >= 4 is 59.8 Å². The Morgan fingerprint density at radius 3 is 2.64 bits per heavy atom. The molecule has 3 aromatic rings. The van der Waals surface area contributed by atoms with E-state index in [2.05, 4.69) is 15.6 Å². The van der Waals surface area contributed by atoms with Gasteiger partial charge in [-0.05, 0) is 42.8 Å². The number of thiazole rings is 1. The zero-order chi connectivity index (χ0) is 18.2. The zero-order valence-corrected chi connectivity index (χ0v) is 15.7. The summed E-state index contributed by atoms with van der Waals surface area (Å²) in [4.78, 5) is 16.7. The van der Waals surface area contributed by atoms with Gasteiger partial charge in [0, 0.05) is 17.0 Å². The van der Waals surface area contributed by atoms with Crippen LogP contribution in [-0.4, -0.2) is 25.7 Å². The van der Waals surface area contributed by atoms with Gasteiger partial charge < -0.3 is 5.32 Å². The first-order chi connectivity index (χ1) is 11.7. The number of anilines is 2. The minimum Gasteiger partial charge on any atom is -0.307 e.